The molecule has 1 aliphatic heterocycles. The molecule has 0 aliphatic carbocycles. The van der Waals surface area contributed by atoms with E-state index >= 15 is 0 Å². The van der Waals surface area contributed by atoms with E-state index in [0.717, 1.165) is 49.4 Å². The van der Waals surface area contributed by atoms with Crippen LogP contribution in [0, 0.1) is 19.8 Å². The van der Waals surface area contributed by atoms with Crippen LogP contribution in [0.1, 0.15) is 43.6 Å². The van der Waals surface area contributed by atoms with Crippen molar-refractivity contribution in [1.82, 2.24) is 14.7 Å². The van der Waals surface area contributed by atoms with Crippen LogP contribution in [-0.4, -0.2) is 39.7 Å². The number of aromatic nitrogens is 2. The zero-order valence-corrected chi connectivity index (χ0v) is 14.9. The summed E-state index contributed by atoms with van der Waals surface area (Å²) in [4.78, 5) is 14.4. The largest absolute Gasteiger partial charge is 0.342 e. The minimum Gasteiger partial charge on any atom is -0.342 e. The highest BCUT2D eigenvalue weighted by Gasteiger charge is 2.23. The predicted octanol–water partition coefficient (Wildman–Crippen LogP) is 2.07. The average Bonchev–Trinajstić information content (AvgIpc) is 2.66. The summed E-state index contributed by atoms with van der Waals surface area (Å²) < 4.78 is 2.04. The van der Waals surface area contributed by atoms with Gasteiger partial charge in [0.25, 0.3) is 0 Å². The number of amides is 1. The van der Waals surface area contributed by atoms with E-state index in [1.54, 1.807) is 0 Å². The van der Waals surface area contributed by atoms with Crippen LogP contribution >= 0.6 is 12.4 Å². The quantitative estimate of drug-likeness (QED) is 0.920. The standard InChI is InChI=1S/C16H28N4O.ClH/c1-11(2)10-20-13(4)15(12(3)18-20)9-16(21)19-7-5-14(17)6-8-19;/h11,14H,5-10,17H2,1-4H3;1H. The number of nitrogens with zero attached hydrogens (tertiary/aromatic N) is 3. The van der Waals surface area contributed by atoms with Crippen LogP contribution in [0.2, 0.25) is 0 Å². The first-order valence-electron chi connectivity index (χ1n) is 7.94. The third-order valence-electron chi connectivity index (χ3n) is 4.29. The van der Waals surface area contributed by atoms with Gasteiger partial charge in [-0.1, -0.05) is 13.8 Å². The van der Waals surface area contributed by atoms with Crippen LogP contribution in [0.4, 0.5) is 0 Å². The van der Waals surface area contributed by atoms with Crippen molar-refractivity contribution in [2.75, 3.05) is 13.1 Å². The van der Waals surface area contributed by atoms with Gasteiger partial charge in [-0.15, -0.1) is 12.4 Å². The fourth-order valence-electron chi connectivity index (χ4n) is 2.93. The molecule has 1 aromatic rings. The van der Waals surface area contributed by atoms with E-state index in [1.807, 2.05) is 16.5 Å². The molecule has 0 unspecified atom stereocenters. The Kier molecular flexibility index (Phi) is 6.88. The molecule has 0 bridgehead atoms. The van der Waals surface area contributed by atoms with E-state index in [1.165, 1.54) is 0 Å². The number of carbonyl (C=O) groups excluding carboxylic acids is 1. The van der Waals surface area contributed by atoms with Crippen molar-refractivity contribution < 1.29 is 4.79 Å². The van der Waals surface area contributed by atoms with Gasteiger partial charge in [-0.05, 0) is 32.6 Å². The summed E-state index contributed by atoms with van der Waals surface area (Å²) in [5, 5.41) is 4.59. The Morgan fingerprint density at radius 3 is 2.45 bits per heavy atom. The first kappa shape index (κ1) is 19.0. The number of hydrogen-bond acceptors (Lipinski definition) is 3. The molecule has 126 valence electrons. The molecular weight excluding hydrogens is 300 g/mol. The van der Waals surface area contributed by atoms with Crippen LogP contribution in [0.15, 0.2) is 0 Å². The van der Waals surface area contributed by atoms with Crippen LogP contribution in [-0.2, 0) is 17.8 Å². The highest BCUT2D eigenvalue weighted by atomic mass is 35.5. The Morgan fingerprint density at radius 1 is 1.32 bits per heavy atom. The van der Waals surface area contributed by atoms with Crippen LogP contribution in [0.3, 0.4) is 0 Å². The molecule has 2 heterocycles. The molecule has 0 saturated carbocycles. The molecule has 0 radical (unpaired) electrons. The minimum absolute atomic E-state index is 0. The van der Waals surface area contributed by atoms with E-state index in [2.05, 4.69) is 25.9 Å². The van der Waals surface area contributed by atoms with E-state index in [0.29, 0.717) is 12.3 Å². The number of halogens is 1. The Morgan fingerprint density at radius 2 is 1.91 bits per heavy atom. The summed E-state index contributed by atoms with van der Waals surface area (Å²) in [5.41, 5.74) is 9.10. The van der Waals surface area contributed by atoms with E-state index in [-0.39, 0.29) is 24.4 Å². The molecule has 1 aliphatic rings. The van der Waals surface area contributed by atoms with Gasteiger partial charge in [0.05, 0.1) is 12.1 Å². The van der Waals surface area contributed by atoms with Crippen molar-refractivity contribution in [3.8, 4) is 0 Å². The summed E-state index contributed by atoms with van der Waals surface area (Å²) >= 11 is 0. The van der Waals surface area contributed by atoms with Crippen LogP contribution in [0.5, 0.6) is 0 Å². The first-order valence-corrected chi connectivity index (χ1v) is 7.94. The predicted molar refractivity (Wildman–Crippen MR) is 91.3 cm³/mol. The van der Waals surface area contributed by atoms with Crippen LogP contribution < -0.4 is 5.73 Å². The smallest absolute Gasteiger partial charge is 0.227 e. The first-order chi connectivity index (χ1) is 9.88. The number of nitrogens with two attached hydrogens (primary N) is 1. The molecule has 1 amide bonds. The monoisotopic (exact) mass is 328 g/mol. The number of carbonyl (C=O) groups is 1. The van der Waals surface area contributed by atoms with Crippen molar-refractivity contribution in [2.24, 2.45) is 11.7 Å². The number of aryl methyl sites for hydroxylation is 1. The molecule has 1 fully saturated rings. The van der Waals surface area contributed by atoms with Gasteiger partial charge in [0.2, 0.25) is 5.91 Å². The minimum atomic E-state index is 0. The van der Waals surface area contributed by atoms with E-state index in [9.17, 15) is 4.79 Å². The lowest BCUT2D eigenvalue weighted by molar-refractivity contribution is -0.131. The summed E-state index contributed by atoms with van der Waals surface area (Å²) in [5.74, 6) is 0.757. The van der Waals surface area contributed by atoms with Crippen molar-refractivity contribution >= 4 is 18.3 Å². The van der Waals surface area contributed by atoms with Gasteiger partial charge < -0.3 is 10.6 Å². The average molecular weight is 329 g/mol. The maximum Gasteiger partial charge on any atom is 0.227 e. The molecular formula is C16H29ClN4O. The van der Waals surface area contributed by atoms with Gasteiger partial charge in [-0.3, -0.25) is 9.48 Å². The lowest BCUT2D eigenvalue weighted by Gasteiger charge is -2.30. The zero-order valence-electron chi connectivity index (χ0n) is 14.1. The Hall–Kier alpha value is -1.07. The van der Waals surface area contributed by atoms with Gasteiger partial charge in [-0.25, -0.2) is 0 Å². The number of likely N-dealkylation sites (tertiary alicyclic amines) is 1. The molecule has 2 rings (SSSR count). The van der Waals surface area contributed by atoms with Gasteiger partial charge in [0.15, 0.2) is 0 Å². The van der Waals surface area contributed by atoms with E-state index < -0.39 is 0 Å². The topological polar surface area (TPSA) is 64.2 Å². The fraction of sp³-hybridized carbons (Fsp3) is 0.750. The maximum atomic E-state index is 12.5. The summed E-state index contributed by atoms with van der Waals surface area (Å²) in [7, 11) is 0. The van der Waals surface area contributed by atoms with Gasteiger partial charge >= 0.3 is 0 Å². The van der Waals surface area contributed by atoms with Crippen molar-refractivity contribution in [1.29, 1.82) is 0 Å². The lowest BCUT2D eigenvalue weighted by Crippen LogP contribution is -2.43. The number of rotatable bonds is 4. The van der Waals surface area contributed by atoms with Crippen LogP contribution in [0.25, 0.3) is 0 Å². The molecule has 5 nitrogen and oxygen atoms in total. The van der Waals surface area contributed by atoms with Gasteiger partial charge in [0.1, 0.15) is 0 Å². The highest BCUT2D eigenvalue weighted by Crippen LogP contribution is 2.17. The second-order valence-electron chi connectivity index (χ2n) is 6.62. The Labute approximate surface area is 139 Å². The number of hydrogen-bond donors (Lipinski definition) is 1. The molecule has 1 saturated heterocycles. The molecule has 0 spiro atoms. The Bertz CT molecular complexity index is 504. The summed E-state index contributed by atoms with van der Waals surface area (Å²) in [6.45, 7) is 10.9. The van der Waals surface area contributed by atoms with Gasteiger partial charge in [0, 0.05) is 36.9 Å². The fourth-order valence-corrected chi connectivity index (χ4v) is 2.93. The van der Waals surface area contributed by atoms with Crippen molar-refractivity contribution in [2.45, 2.75) is 59.5 Å². The Balaban J connectivity index is 0.00000242. The SMILES string of the molecule is Cc1nn(CC(C)C)c(C)c1CC(=O)N1CCC(N)CC1.Cl. The molecule has 22 heavy (non-hydrogen) atoms. The molecule has 0 atom stereocenters. The second kappa shape index (κ2) is 7.97. The second-order valence-corrected chi connectivity index (χ2v) is 6.62. The van der Waals surface area contributed by atoms with Crippen molar-refractivity contribution in [3.63, 3.8) is 0 Å². The third kappa shape index (κ3) is 4.46. The maximum absolute atomic E-state index is 12.5. The van der Waals surface area contributed by atoms with Crippen molar-refractivity contribution in [3.05, 3.63) is 17.0 Å². The molecule has 0 aromatic carbocycles. The molecule has 1 aromatic heterocycles. The number of piperidine rings is 1. The highest BCUT2D eigenvalue weighted by molar-refractivity contribution is 5.85. The van der Waals surface area contributed by atoms with Gasteiger partial charge in [-0.2, -0.15) is 5.10 Å². The summed E-state index contributed by atoms with van der Waals surface area (Å²) in [6, 6.07) is 0.256. The normalized spacial score (nSPS) is 16.0. The molecule has 6 heteroatoms. The summed E-state index contributed by atoms with van der Waals surface area (Å²) in [6.07, 6.45) is 2.29. The zero-order chi connectivity index (χ0) is 15.6. The third-order valence-corrected chi connectivity index (χ3v) is 4.29. The lowest BCUT2D eigenvalue weighted by atomic mass is 10.0. The van der Waals surface area contributed by atoms with E-state index in [4.69, 9.17) is 5.73 Å². The molecule has 2 N–H and O–H groups in total.